The molecule has 1 saturated heterocycles. The van der Waals surface area contributed by atoms with Crippen LogP contribution >= 0.6 is 0 Å². The fourth-order valence-electron chi connectivity index (χ4n) is 3.00. The van der Waals surface area contributed by atoms with Crippen LogP contribution in [-0.2, 0) is 4.79 Å². The minimum absolute atomic E-state index is 0.119. The molecule has 0 radical (unpaired) electrons. The number of carbonyl (C=O) groups is 1. The van der Waals surface area contributed by atoms with Gasteiger partial charge in [0.1, 0.15) is 0 Å². The summed E-state index contributed by atoms with van der Waals surface area (Å²) in [7, 11) is 0. The molecule has 2 atom stereocenters. The molecule has 1 fully saturated rings. The fraction of sp³-hybridized carbons (Fsp3) is 0.769. The maximum atomic E-state index is 11.9. The first-order valence-electron chi connectivity index (χ1n) is 6.32. The Balaban J connectivity index is 2.03. The van der Waals surface area contributed by atoms with Crippen LogP contribution in [-0.4, -0.2) is 29.9 Å². The highest BCUT2D eigenvalue weighted by Crippen LogP contribution is 2.40. The molecule has 1 aliphatic carbocycles. The standard InChI is InChI=1S/C13H22N2O/c1-11(14)12(16)15-9-5-8-13(10-15)6-3-2-4-7-13/h2-3,11H,4-10,14H2,1H3/t11-,13+/m0/s1. The van der Waals surface area contributed by atoms with E-state index in [1.165, 1.54) is 19.3 Å². The summed E-state index contributed by atoms with van der Waals surface area (Å²) in [4.78, 5) is 13.9. The lowest BCUT2D eigenvalue weighted by Crippen LogP contribution is -2.50. The predicted octanol–water partition coefficient (Wildman–Crippen LogP) is 1.68. The first kappa shape index (κ1) is 11.6. The third-order valence-electron chi connectivity index (χ3n) is 3.92. The number of allylic oxidation sites excluding steroid dienone is 2. The highest BCUT2D eigenvalue weighted by atomic mass is 16.2. The van der Waals surface area contributed by atoms with E-state index in [1.807, 2.05) is 4.90 Å². The van der Waals surface area contributed by atoms with E-state index in [4.69, 9.17) is 5.73 Å². The maximum absolute atomic E-state index is 11.9. The van der Waals surface area contributed by atoms with Gasteiger partial charge in [-0.3, -0.25) is 4.79 Å². The summed E-state index contributed by atoms with van der Waals surface area (Å²) in [5, 5.41) is 0. The van der Waals surface area contributed by atoms with E-state index in [9.17, 15) is 4.79 Å². The number of nitrogens with two attached hydrogens (primary N) is 1. The van der Waals surface area contributed by atoms with Gasteiger partial charge in [0.15, 0.2) is 0 Å². The van der Waals surface area contributed by atoms with Crippen molar-refractivity contribution in [3.63, 3.8) is 0 Å². The van der Waals surface area contributed by atoms with Crippen molar-refractivity contribution in [2.24, 2.45) is 11.1 Å². The number of amides is 1. The predicted molar refractivity (Wildman–Crippen MR) is 64.9 cm³/mol. The van der Waals surface area contributed by atoms with E-state index in [0.717, 1.165) is 25.9 Å². The molecule has 0 bridgehead atoms. The molecule has 3 heteroatoms. The monoisotopic (exact) mass is 222 g/mol. The van der Waals surface area contributed by atoms with Crippen LogP contribution in [0.3, 0.4) is 0 Å². The number of hydrogen-bond acceptors (Lipinski definition) is 2. The third-order valence-corrected chi connectivity index (χ3v) is 3.92. The largest absolute Gasteiger partial charge is 0.341 e. The van der Waals surface area contributed by atoms with E-state index < -0.39 is 0 Å². The fourth-order valence-corrected chi connectivity index (χ4v) is 3.00. The number of nitrogens with zero attached hydrogens (tertiary/aromatic N) is 1. The zero-order valence-electron chi connectivity index (χ0n) is 10.1. The first-order valence-corrected chi connectivity index (χ1v) is 6.32. The maximum Gasteiger partial charge on any atom is 0.239 e. The van der Waals surface area contributed by atoms with Gasteiger partial charge in [0, 0.05) is 13.1 Å². The molecule has 0 unspecified atom stereocenters. The molecule has 1 amide bonds. The van der Waals surface area contributed by atoms with Crippen molar-refractivity contribution in [3.8, 4) is 0 Å². The molecule has 3 nitrogen and oxygen atoms in total. The number of piperidine rings is 1. The number of likely N-dealkylation sites (tertiary alicyclic amines) is 1. The van der Waals surface area contributed by atoms with E-state index in [0.29, 0.717) is 5.41 Å². The van der Waals surface area contributed by atoms with Crippen LogP contribution in [0.4, 0.5) is 0 Å². The van der Waals surface area contributed by atoms with Crippen LogP contribution in [0.15, 0.2) is 12.2 Å². The Kier molecular flexibility index (Phi) is 3.33. The lowest BCUT2D eigenvalue weighted by molar-refractivity contribution is -0.135. The topological polar surface area (TPSA) is 46.3 Å². The van der Waals surface area contributed by atoms with E-state index >= 15 is 0 Å². The number of rotatable bonds is 1. The molecule has 1 heterocycles. The Morgan fingerprint density at radius 2 is 2.25 bits per heavy atom. The molecule has 0 aromatic heterocycles. The molecule has 2 N–H and O–H groups in total. The van der Waals surface area contributed by atoms with Crippen LogP contribution < -0.4 is 5.73 Å². The van der Waals surface area contributed by atoms with Gasteiger partial charge in [-0.25, -0.2) is 0 Å². The van der Waals surface area contributed by atoms with Gasteiger partial charge in [-0.05, 0) is 44.4 Å². The molecule has 0 saturated carbocycles. The van der Waals surface area contributed by atoms with Crippen molar-refractivity contribution >= 4 is 5.91 Å². The van der Waals surface area contributed by atoms with Crippen LogP contribution in [0.5, 0.6) is 0 Å². The molecular formula is C13H22N2O. The molecule has 1 spiro atoms. The zero-order valence-corrected chi connectivity index (χ0v) is 10.1. The number of hydrogen-bond donors (Lipinski definition) is 1. The summed E-state index contributed by atoms with van der Waals surface area (Å²) in [6, 6.07) is -0.353. The van der Waals surface area contributed by atoms with Gasteiger partial charge in [0.2, 0.25) is 5.91 Å². The Bertz CT molecular complexity index is 298. The van der Waals surface area contributed by atoms with Gasteiger partial charge in [-0.2, -0.15) is 0 Å². The normalized spacial score (nSPS) is 31.8. The highest BCUT2D eigenvalue weighted by molar-refractivity contribution is 5.81. The summed E-state index contributed by atoms with van der Waals surface area (Å²) < 4.78 is 0. The molecule has 90 valence electrons. The molecule has 2 aliphatic rings. The van der Waals surface area contributed by atoms with Crippen molar-refractivity contribution in [1.29, 1.82) is 0 Å². The molecule has 0 aromatic rings. The molecular weight excluding hydrogens is 200 g/mol. The van der Waals surface area contributed by atoms with Gasteiger partial charge in [0.25, 0.3) is 0 Å². The van der Waals surface area contributed by atoms with Crippen molar-refractivity contribution in [1.82, 2.24) is 4.90 Å². The van der Waals surface area contributed by atoms with Crippen molar-refractivity contribution < 1.29 is 4.79 Å². The van der Waals surface area contributed by atoms with Crippen molar-refractivity contribution in [2.75, 3.05) is 13.1 Å². The summed E-state index contributed by atoms with van der Waals surface area (Å²) in [6.45, 7) is 3.59. The minimum atomic E-state index is -0.353. The summed E-state index contributed by atoms with van der Waals surface area (Å²) in [5.41, 5.74) is 6.04. The van der Waals surface area contributed by atoms with Crippen LogP contribution in [0.2, 0.25) is 0 Å². The Labute approximate surface area is 97.7 Å². The van der Waals surface area contributed by atoms with E-state index in [-0.39, 0.29) is 11.9 Å². The second-order valence-corrected chi connectivity index (χ2v) is 5.37. The van der Waals surface area contributed by atoms with Crippen molar-refractivity contribution in [3.05, 3.63) is 12.2 Å². The van der Waals surface area contributed by atoms with Gasteiger partial charge >= 0.3 is 0 Å². The smallest absolute Gasteiger partial charge is 0.239 e. The first-order chi connectivity index (χ1) is 7.63. The van der Waals surface area contributed by atoms with Crippen molar-refractivity contribution in [2.45, 2.75) is 45.1 Å². The summed E-state index contributed by atoms with van der Waals surface area (Å²) >= 11 is 0. The van der Waals surface area contributed by atoms with Crippen LogP contribution in [0.25, 0.3) is 0 Å². The van der Waals surface area contributed by atoms with E-state index in [1.54, 1.807) is 6.92 Å². The van der Waals surface area contributed by atoms with Crippen LogP contribution in [0.1, 0.15) is 39.0 Å². The lowest BCUT2D eigenvalue weighted by Gasteiger charge is -2.44. The molecule has 16 heavy (non-hydrogen) atoms. The average Bonchev–Trinajstić information content (AvgIpc) is 2.29. The van der Waals surface area contributed by atoms with Gasteiger partial charge in [0.05, 0.1) is 6.04 Å². The highest BCUT2D eigenvalue weighted by Gasteiger charge is 2.37. The molecule has 1 aliphatic heterocycles. The van der Waals surface area contributed by atoms with E-state index in [2.05, 4.69) is 12.2 Å². The molecule has 2 rings (SSSR count). The van der Waals surface area contributed by atoms with Gasteiger partial charge in [-0.1, -0.05) is 12.2 Å². The lowest BCUT2D eigenvalue weighted by atomic mass is 9.71. The molecule has 0 aromatic carbocycles. The third kappa shape index (κ3) is 2.29. The summed E-state index contributed by atoms with van der Waals surface area (Å²) in [6.07, 6.45) is 10.5. The summed E-state index contributed by atoms with van der Waals surface area (Å²) in [5.74, 6) is 0.119. The van der Waals surface area contributed by atoms with Gasteiger partial charge < -0.3 is 10.6 Å². The van der Waals surface area contributed by atoms with Crippen LogP contribution in [0, 0.1) is 5.41 Å². The Morgan fingerprint density at radius 3 is 2.88 bits per heavy atom. The SMILES string of the molecule is C[C@H](N)C(=O)N1CCC[C@]2(CC=CCC2)C1. The van der Waals surface area contributed by atoms with Gasteiger partial charge in [-0.15, -0.1) is 0 Å². The second-order valence-electron chi connectivity index (χ2n) is 5.37. The number of carbonyl (C=O) groups excluding carboxylic acids is 1. The second kappa shape index (κ2) is 4.58. The Morgan fingerprint density at radius 1 is 1.44 bits per heavy atom. The quantitative estimate of drug-likeness (QED) is 0.686. The zero-order chi connectivity index (χ0) is 11.6. The Hall–Kier alpha value is -0.830. The average molecular weight is 222 g/mol. The minimum Gasteiger partial charge on any atom is -0.341 e.